The summed E-state index contributed by atoms with van der Waals surface area (Å²) in [4.78, 5) is 23.0. The molecule has 1 aliphatic rings. The quantitative estimate of drug-likeness (QED) is 0.558. The molecule has 0 saturated carbocycles. The molecule has 1 fully saturated rings. The summed E-state index contributed by atoms with van der Waals surface area (Å²) in [5, 5.41) is 5.42. The minimum atomic E-state index is -0.376. The Morgan fingerprint density at radius 2 is 1.93 bits per heavy atom. The van der Waals surface area contributed by atoms with E-state index in [2.05, 4.69) is 5.10 Å². The number of nitrogens with zero attached hydrogens (tertiary/aromatic N) is 4. The highest BCUT2D eigenvalue weighted by Crippen LogP contribution is 2.02. The summed E-state index contributed by atoms with van der Waals surface area (Å²) in [6, 6.07) is 0. The van der Waals surface area contributed by atoms with Gasteiger partial charge in [-0.15, -0.1) is 0 Å². The Bertz CT molecular complexity index is 441. The summed E-state index contributed by atoms with van der Waals surface area (Å²) in [6.07, 6.45) is 3.22. The number of rotatable bonds is 1. The number of hydrogen-bond donors (Lipinski definition) is 0. The molecule has 1 aliphatic heterocycles. The lowest BCUT2D eigenvalue weighted by molar-refractivity contribution is 0.530. The second-order valence-corrected chi connectivity index (χ2v) is 3.36. The van der Waals surface area contributed by atoms with Crippen LogP contribution in [-0.2, 0) is 7.05 Å². The third-order valence-electron chi connectivity index (χ3n) is 2.37. The second-order valence-electron chi connectivity index (χ2n) is 3.36. The standard InChI is InChI=1S/C8H12N4O2/c1-10-8(14)12(7(13)6-9-10)11-4-2-3-5-11/h6H,2-5H2,1H3. The lowest BCUT2D eigenvalue weighted by Gasteiger charge is -2.18. The van der Waals surface area contributed by atoms with E-state index in [1.54, 1.807) is 5.01 Å². The minimum absolute atomic E-state index is 0.352. The predicted molar refractivity (Wildman–Crippen MR) is 50.9 cm³/mol. The van der Waals surface area contributed by atoms with Crippen molar-refractivity contribution in [1.29, 1.82) is 0 Å². The summed E-state index contributed by atoms with van der Waals surface area (Å²) in [5.41, 5.74) is -0.727. The summed E-state index contributed by atoms with van der Waals surface area (Å²) in [7, 11) is 1.54. The largest absolute Gasteiger partial charge is 0.366 e. The van der Waals surface area contributed by atoms with E-state index in [9.17, 15) is 9.59 Å². The Kier molecular flexibility index (Phi) is 2.11. The van der Waals surface area contributed by atoms with E-state index in [-0.39, 0.29) is 11.2 Å². The maximum atomic E-state index is 11.6. The lowest BCUT2D eigenvalue weighted by Crippen LogP contribution is -2.51. The molecule has 0 atom stereocenters. The first-order chi connectivity index (χ1) is 6.70. The Labute approximate surface area is 80.4 Å². The van der Waals surface area contributed by atoms with Crippen LogP contribution in [0.5, 0.6) is 0 Å². The summed E-state index contributed by atoms with van der Waals surface area (Å²) >= 11 is 0. The fourth-order valence-electron chi connectivity index (χ4n) is 1.63. The van der Waals surface area contributed by atoms with Gasteiger partial charge in [0.1, 0.15) is 6.20 Å². The molecule has 76 valence electrons. The van der Waals surface area contributed by atoms with Crippen molar-refractivity contribution in [2.75, 3.05) is 18.1 Å². The van der Waals surface area contributed by atoms with E-state index >= 15 is 0 Å². The zero-order valence-electron chi connectivity index (χ0n) is 8.01. The Hall–Kier alpha value is -1.59. The zero-order chi connectivity index (χ0) is 10.1. The molecule has 0 radical (unpaired) electrons. The van der Waals surface area contributed by atoms with Gasteiger partial charge in [0, 0.05) is 20.1 Å². The summed E-state index contributed by atoms with van der Waals surface area (Å²) in [6.45, 7) is 1.53. The van der Waals surface area contributed by atoms with Gasteiger partial charge in [-0.1, -0.05) is 0 Å². The predicted octanol–water partition coefficient (Wildman–Crippen LogP) is -1.33. The number of aromatic nitrogens is 3. The first-order valence-corrected chi connectivity index (χ1v) is 4.61. The lowest BCUT2D eigenvalue weighted by atomic mass is 10.4. The van der Waals surface area contributed by atoms with E-state index in [0.29, 0.717) is 0 Å². The van der Waals surface area contributed by atoms with Crippen molar-refractivity contribution in [3.63, 3.8) is 0 Å². The van der Waals surface area contributed by atoms with Crippen LogP contribution >= 0.6 is 0 Å². The van der Waals surface area contributed by atoms with Gasteiger partial charge < -0.3 is 5.01 Å². The highest BCUT2D eigenvalue weighted by atomic mass is 16.2. The van der Waals surface area contributed by atoms with Crippen molar-refractivity contribution in [3.05, 3.63) is 27.0 Å². The number of aryl methyl sites for hydroxylation is 1. The van der Waals surface area contributed by atoms with E-state index in [1.165, 1.54) is 22.6 Å². The minimum Gasteiger partial charge on any atom is -0.306 e. The average Bonchev–Trinajstić information content (AvgIpc) is 2.65. The van der Waals surface area contributed by atoms with E-state index < -0.39 is 0 Å². The Morgan fingerprint density at radius 3 is 2.57 bits per heavy atom. The molecule has 6 nitrogen and oxygen atoms in total. The normalized spacial score (nSPS) is 16.2. The molecule has 0 aromatic carbocycles. The van der Waals surface area contributed by atoms with Crippen molar-refractivity contribution in [3.8, 4) is 0 Å². The molecular weight excluding hydrogens is 184 g/mol. The van der Waals surface area contributed by atoms with Crippen molar-refractivity contribution < 1.29 is 0 Å². The molecule has 1 aromatic rings. The third-order valence-corrected chi connectivity index (χ3v) is 2.37. The monoisotopic (exact) mass is 196 g/mol. The molecule has 0 bridgehead atoms. The molecule has 2 heterocycles. The van der Waals surface area contributed by atoms with Gasteiger partial charge in [-0.25, -0.2) is 9.48 Å². The molecule has 0 N–H and O–H groups in total. The van der Waals surface area contributed by atoms with Crippen molar-refractivity contribution in [1.82, 2.24) is 14.5 Å². The summed E-state index contributed by atoms with van der Waals surface area (Å²) < 4.78 is 2.33. The van der Waals surface area contributed by atoms with Gasteiger partial charge in [-0.2, -0.15) is 9.77 Å². The highest BCUT2D eigenvalue weighted by Gasteiger charge is 2.16. The van der Waals surface area contributed by atoms with Crippen LogP contribution in [0.1, 0.15) is 12.8 Å². The molecule has 14 heavy (non-hydrogen) atoms. The van der Waals surface area contributed by atoms with Gasteiger partial charge in [0.2, 0.25) is 0 Å². The van der Waals surface area contributed by atoms with Gasteiger partial charge in [-0.05, 0) is 12.8 Å². The molecule has 0 amide bonds. The Morgan fingerprint density at radius 1 is 1.29 bits per heavy atom. The first-order valence-electron chi connectivity index (χ1n) is 4.61. The maximum absolute atomic E-state index is 11.6. The van der Waals surface area contributed by atoms with Crippen molar-refractivity contribution >= 4 is 0 Å². The van der Waals surface area contributed by atoms with E-state index in [1.807, 2.05) is 0 Å². The van der Waals surface area contributed by atoms with Crippen LogP contribution in [0.2, 0.25) is 0 Å². The fourth-order valence-corrected chi connectivity index (χ4v) is 1.63. The summed E-state index contributed by atoms with van der Waals surface area (Å²) in [5.74, 6) is 0. The van der Waals surface area contributed by atoms with Gasteiger partial charge in [-0.3, -0.25) is 4.79 Å². The Balaban J connectivity index is 2.55. The molecule has 0 unspecified atom stereocenters. The first kappa shape index (κ1) is 8.98. The van der Waals surface area contributed by atoms with Gasteiger partial charge >= 0.3 is 5.69 Å². The van der Waals surface area contributed by atoms with Crippen LogP contribution in [0.3, 0.4) is 0 Å². The van der Waals surface area contributed by atoms with Crippen LogP contribution in [-0.4, -0.2) is 27.5 Å². The van der Waals surface area contributed by atoms with E-state index in [0.717, 1.165) is 25.9 Å². The van der Waals surface area contributed by atoms with Gasteiger partial charge in [0.15, 0.2) is 0 Å². The fraction of sp³-hybridized carbons (Fsp3) is 0.625. The van der Waals surface area contributed by atoms with Crippen LogP contribution in [0.4, 0.5) is 0 Å². The van der Waals surface area contributed by atoms with Gasteiger partial charge in [0.25, 0.3) is 5.56 Å². The molecule has 0 aliphatic carbocycles. The van der Waals surface area contributed by atoms with Crippen LogP contribution in [0, 0.1) is 0 Å². The third kappa shape index (κ3) is 1.32. The van der Waals surface area contributed by atoms with Crippen LogP contribution in [0.15, 0.2) is 15.8 Å². The smallest absolute Gasteiger partial charge is 0.306 e. The zero-order valence-corrected chi connectivity index (χ0v) is 8.01. The molecule has 1 saturated heterocycles. The van der Waals surface area contributed by atoms with Crippen molar-refractivity contribution in [2.24, 2.45) is 7.05 Å². The molecule has 2 rings (SSSR count). The van der Waals surface area contributed by atoms with Crippen LogP contribution in [0.25, 0.3) is 0 Å². The number of hydrogen-bond acceptors (Lipinski definition) is 4. The topological polar surface area (TPSA) is 60.1 Å². The maximum Gasteiger partial charge on any atom is 0.366 e. The van der Waals surface area contributed by atoms with E-state index in [4.69, 9.17) is 0 Å². The van der Waals surface area contributed by atoms with Crippen molar-refractivity contribution in [2.45, 2.75) is 12.8 Å². The molecule has 0 spiro atoms. The molecule has 1 aromatic heterocycles. The molecular formula is C8H12N4O2. The van der Waals surface area contributed by atoms with Crippen LogP contribution < -0.4 is 16.3 Å². The highest BCUT2D eigenvalue weighted by molar-refractivity contribution is 4.92. The SMILES string of the molecule is Cn1ncc(=O)n(N2CCCC2)c1=O. The second kappa shape index (κ2) is 3.28. The van der Waals surface area contributed by atoms with Gasteiger partial charge in [0.05, 0.1) is 0 Å². The molecule has 6 heteroatoms. The average molecular weight is 196 g/mol.